The molecule has 0 aliphatic carbocycles. The zero-order chi connectivity index (χ0) is 17.3. The van der Waals surface area contributed by atoms with Crippen LogP contribution in [0.25, 0.3) is 5.13 Å². The highest BCUT2D eigenvalue weighted by Crippen LogP contribution is 2.22. The Hall–Kier alpha value is -2.67. The number of carbonyl (C=O) groups is 2. The van der Waals surface area contributed by atoms with Gasteiger partial charge in [0.25, 0.3) is 0 Å². The number of ether oxygens (including phenoxy) is 1. The lowest BCUT2D eigenvalue weighted by atomic mass is 10.1. The summed E-state index contributed by atoms with van der Waals surface area (Å²) in [5.74, 6) is -0.738. The number of aryl methyl sites for hydroxylation is 2. The molecule has 0 atom stereocenters. The molecule has 24 heavy (non-hydrogen) atoms. The van der Waals surface area contributed by atoms with E-state index in [0.29, 0.717) is 11.3 Å². The zero-order valence-corrected chi connectivity index (χ0v) is 14.5. The summed E-state index contributed by atoms with van der Waals surface area (Å²) in [5.41, 5.74) is 2.67. The van der Waals surface area contributed by atoms with Crippen LogP contribution in [0.5, 0.6) is 0 Å². The molecule has 0 N–H and O–H groups in total. The lowest BCUT2D eigenvalue weighted by Crippen LogP contribution is -2.16. The summed E-state index contributed by atoms with van der Waals surface area (Å²) in [7, 11) is 1.75. The molecule has 0 aliphatic heterocycles. The molecule has 0 saturated heterocycles. The van der Waals surface area contributed by atoms with Crippen LogP contribution in [0.15, 0.2) is 36.0 Å². The summed E-state index contributed by atoms with van der Waals surface area (Å²) in [4.78, 5) is 28.7. The molecule has 0 aliphatic rings. The smallest absolute Gasteiger partial charge is 0.355 e. The van der Waals surface area contributed by atoms with Crippen molar-refractivity contribution < 1.29 is 14.3 Å². The van der Waals surface area contributed by atoms with Gasteiger partial charge in [0.2, 0.25) is 5.78 Å². The van der Waals surface area contributed by atoms with Gasteiger partial charge in [-0.25, -0.2) is 9.78 Å². The number of hydrogen-bond donors (Lipinski definition) is 0. The number of carbonyl (C=O) groups excluding carboxylic acids is 2. The van der Waals surface area contributed by atoms with Crippen molar-refractivity contribution in [3.05, 3.63) is 58.6 Å². The Balaban J connectivity index is 1.76. The van der Waals surface area contributed by atoms with Gasteiger partial charge in [0.05, 0.1) is 0 Å². The molecule has 3 aromatic heterocycles. The van der Waals surface area contributed by atoms with E-state index in [4.69, 9.17) is 4.74 Å². The maximum Gasteiger partial charge on any atom is 0.355 e. The minimum absolute atomic E-state index is 0.228. The number of thiazole rings is 1. The summed E-state index contributed by atoms with van der Waals surface area (Å²) in [6.45, 7) is 3.49. The van der Waals surface area contributed by atoms with Crippen molar-refractivity contribution >= 4 is 23.1 Å². The molecule has 0 amide bonds. The third kappa shape index (κ3) is 2.90. The monoisotopic (exact) mass is 343 g/mol. The lowest BCUT2D eigenvalue weighted by Gasteiger charge is -2.07. The first-order chi connectivity index (χ1) is 11.5. The molecule has 6 nitrogen and oxygen atoms in total. The molecular weight excluding hydrogens is 326 g/mol. The van der Waals surface area contributed by atoms with Gasteiger partial charge in [-0.3, -0.25) is 9.36 Å². The average molecular weight is 343 g/mol. The molecule has 3 rings (SSSR count). The quantitative estimate of drug-likeness (QED) is 0.528. The second-order valence-corrected chi connectivity index (χ2v) is 6.31. The fraction of sp³-hybridized carbons (Fsp3) is 0.235. The molecule has 0 aromatic carbocycles. The van der Waals surface area contributed by atoms with Crippen LogP contribution >= 0.6 is 11.3 Å². The Morgan fingerprint density at radius 1 is 1.33 bits per heavy atom. The maximum absolute atomic E-state index is 12.4. The summed E-state index contributed by atoms with van der Waals surface area (Å²) in [6.07, 6.45) is 3.47. The van der Waals surface area contributed by atoms with Gasteiger partial charge >= 0.3 is 5.97 Å². The van der Waals surface area contributed by atoms with Crippen LogP contribution in [-0.4, -0.2) is 32.5 Å². The van der Waals surface area contributed by atoms with E-state index < -0.39 is 5.97 Å². The van der Waals surface area contributed by atoms with Crippen molar-refractivity contribution in [1.82, 2.24) is 14.1 Å². The standard InChI is InChI=1S/C17H17N3O3S/c1-11-9-13(12(2)20(11)17-18-6-8-24-17)15(21)10-23-16(22)14-5-4-7-19(14)3/h4-9H,10H2,1-3H3. The van der Waals surface area contributed by atoms with Crippen LogP contribution in [-0.2, 0) is 11.8 Å². The number of esters is 1. The first-order valence-electron chi connectivity index (χ1n) is 7.39. The number of hydrogen-bond acceptors (Lipinski definition) is 5. The van der Waals surface area contributed by atoms with Gasteiger partial charge in [0.15, 0.2) is 11.7 Å². The fourth-order valence-corrected chi connectivity index (χ4v) is 3.37. The Labute approximate surface area is 143 Å². The molecule has 0 spiro atoms. The third-order valence-corrected chi connectivity index (χ3v) is 4.59. The Morgan fingerprint density at radius 2 is 2.12 bits per heavy atom. The fourth-order valence-electron chi connectivity index (χ4n) is 2.62. The molecule has 0 radical (unpaired) electrons. The topological polar surface area (TPSA) is 66.1 Å². The van der Waals surface area contributed by atoms with Gasteiger partial charge in [-0.15, -0.1) is 11.3 Å². The SMILES string of the molecule is Cc1cc(C(=O)COC(=O)c2cccn2C)c(C)n1-c1nccs1. The minimum Gasteiger partial charge on any atom is -0.453 e. The number of aromatic nitrogens is 3. The molecule has 0 bridgehead atoms. The van der Waals surface area contributed by atoms with Gasteiger partial charge in [0.1, 0.15) is 5.69 Å². The highest BCUT2D eigenvalue weighted by Gasteiger charge is 2.20. The second kappa shape index (κ2) is 6.45. The molecular formula is C17H17N3O3S. The van der Waals surface area contributed by atoms with Crippen molar-refractivity contribution in [1.29, 1.82) is 0 Å². The molecule has 0 unspecified atom stereocenters. The molecule has 0 saturated carbocycles. The van der Waals surface area contributed by atoms with Crippen LogP contribution in [0.1, 0.15) is 32.2 Å². The van der Waals surface area contributed by atoms with E-state index in [1.54, 1.807) is 42.2 Å². The van der Waals surface area contributed by atoms with Gasteiger partial charge in [0, 0.05) is 41.8 Å². The highest BCUT2D eigenvalue weighted by molar-refractivity contribution is 7.12. The largest absolute Gasteiger partial charge is 0.453 e. The van der Waals surface area contributed by atoms with Gasteiger partial charge in [-0.2, -0.15) is 0 Å². The molecule has 0 fully saturated rings. The number of ketones is 1. The number of nitrogens with zero attached hydrogens (tertiary/aromatic N) is 3. The van der Waals surface area contributed by atoms with Gasteiger partial charge in [-0.1, -0.05) is 0 Å². The van der Waals surface area contributed by atoms with E-state index >= 15 is 0 Å². The Morgan fingerprint density at radius 3 is 2.75 bits per heavy atom. The number of Topliss-reactive ketones (excluding diaryl/α,β-unsaturated/α-hetero) is 1. The van der Waals surface area contributed by atoms with Crippen molar-refractivity contribution in [2.24, 2.45) is 7.05 Å². The van der Waals surface area contributed by atoms with Crippen molar-refractivity contribution in [2.75, 3.05) is 6.61 Å². The summed E-state index contributed by atoms with van der Waals surface area (Å²) in [5, 5.41) is 2.70. The highest BCUT2D eigenvalue weighted by atomic mass is 32.1. The van der Waals surface area contributed by atoms with Gasteiger partial charge < -0.3 is 9.30 Å². The maximum atomic E-state index is 12.4. The van der Waals surface area contributed by atoms with Crippen molar-refractivity contribution in [3.63, 3.8) is 0 Å². The summed E-state index contributed by atoms with van der Waals surface area (Å²) >= 11 is 1.50. The van der Waals surface area contributed by atoms with E-state index in [9.17, 15) is 9.59 Å². The Kier molecular flexibility index (Phi) is 4.35. The third-order valence-electron chi connectivity index (χ3n) is 3.83. The van der Waals surface area contributed by atoms with Crippen LogP contribution < -0.4 is 0 Å². The van der Waals surface area contributed by atoms with Crippen molar-refractivity contribution in [3.8, 4) is 5.13 Å². The molecule has 124 valence electrons. The van der Waals surface area contributed by atoms with Crippen molar-refractivity contribution in [2.45, 2.75) is 13.8 Å². The van der Waals surface area contributed by atoms with Crippen LogP contribution in [0.2, 0.25) is 0 Å². The normalized spacial score (nSPS) is 10.8. The molecule has 3 heterocycles. The first kappa shape index (κ1) is 16.2. The number of rotatable bonds is 5. The lowest BCUT2D eigenvalue weighted by molar-refractivity contribution is 0.0465. The van der Waals surface area contributed by atoms with Gasteiger partial charge in [-0.05, 0) is 32.0 Å². The predicted octanol–water partition coefficient (Wildman–Crippen LogP) is 2.93. The van der Waals surface area contributed by atoms with E-state index in [1.165, 1.54) is 11.3 Å². The predicted molar refractivity (Wildman–Crippen MR) is 90.9 cm³/mol. The summed E-state index contributed by atoms with van der Waals surface area (Å²) in [6, 6.07) is 5.20. The second-order valence-electron chi connectivity index (χ2n) is 5.44. The van der Waals surface area contributed by atoms with Crippen LogP contribution in [0.4, 0.5) is 0 Å². The summed E-state index contributed by atoms with van der Waals surface area (Å²) < 4.78 is 8.73. The first-order valence-corrected chi connectivity index (χ1v) is 8.27. The Bertz CT molecular complexity index is 890. The average Bonchev–Trinajstić information content (AvgIpc) is 3.26. The van der Waals surface area contributed by atoms with E-state index in [1.807, 2.05) is 23.8 Å². The van der Waals surface area contributed by atoms with E-state index in [-0.39, 0.29) is 12.4 Å². The van der Waals surface area contributed by atoms with E-state index in [0.717, 1.165) is 16.5 Å². The minimum atomic E-state index is -0.510. The van der Waals surface area contributed by atoms with Crippen LogP contribution in [0, 0.1) is 13.8 Å². The van der Waals surface area contributed by atoms with Crippen LogP contribution in [0.3, 0.4) is 0 Å². The zero-order valence-electron chi connectivity index (χ0n) is 13.6. The van der Waals surface area contributed by atoms with E-state index in [2.05, 4.69) is 4.98 Å². The molecule has 7 heteroatoms. The molecule has 3 aromatic rings.